The topological polar surface area (TPSA) is 107 Å². The molecule has 1 aliphatic heterocycles. The van der Waals surface area contributed by atoms with Gasteiger partial charge in [0.25, 0.3) is 0 Å². The van der Waals surface area contributed by atoms with Gasteiger partial charge in [0.15, 0.2) is 11.3 Å². The van der Waals surface area contributed by atoms with Gasteiger partial charge in [-0.05, 0) is 18.2 Å². The lowest BCUT2D eigenvalue weighted by Crippen LogP contribution is -2.51. The van der Waals surface area contributed by atoms with Crippen molar-refractivity contribution in [3.05, 3.63) is 42.9 Å². The molecule has 0 aliphatic carbocycles. The third-order valence-corrected chi connectivity index (χ3v) is 4.90. The Balaban J connectivity index is 1.57. The van der Waals surface area contributed by atoms with Gasteiger partial charge in [-0.3, -0.25) is 4.68 Å². The summed E-state index contributed by atoms with van der Waals surface area (Å²) in [7, 11) is 1.55. The van der Waals surface area contributed by atoms with E-state index in [4.69, 9.17) is 9.15 Å². The van der Waals surface area contributed by atoms with E-state index in [0.717, 1.165) is 0 Å². The fraction of sp³-hybridized carbons (Fsp3) is 0.333. The monoisotopic (exact) mass is 369 g/mol. The Labute approximate surface area is 155 Å². The highest BCUT2D eigenvalue weighted by atomic mass is 16.5. The molecule has 1 N–H and O–H groups in total. The van der Waals surface area contributed by atoms with Crippen LogP contribution in [0.15, 0.2) is 47.3 Å². The number of hydrogen-bond donors (Lipinski definition) is 1. The fourth-order valence-electron chi connectivity index (χ4n) is 3.33. The van der Waals surface area contributed by atoms with Crippen molar-refractivity contribution in [2.24, 2.45) is 0 Å². The average Bonchev–Trinajstić information content (AvgIpc) is 3.39. The van der Waals surface area contributed by atoms with Crippen LogP contribution < -0.4 is 9.64 Å². The maximum Gasteiger partial charge on any atom is 0.331 e. The van der Waals surface area contributed by atoms with Crippen LogP contribution in [0.5, 0.6) is 5.88 Å². The highest BCUT2D eigenvalue weighted by Crippen LogP contribution is 2.33. The molecule has 0 atom stereocenters. The molecule has 3 aromatic rings. The Hall–Kier alpha value is -3.36. The molecule has 0 bridgehead atoms. The number of carboxylic acids is 1. The summed E-state index contributed by atoms with van der Waals surface area (Å²) >= 11 is 0. The third kappa shape index (κ3) is 3.01. The Bertz CT molecular complexity index is 929. The number of piperidine rings is 1. The summed E-state index contributed by atoms with van der Waals surface area (Å²) < 4.78 is 12.0. The van der Waals surface area contributed by atoms with Crippen LogP contribution in [0.3, 0.4) is 0 Å². The van der Waals surface area contributed by atoms with Crippen LogP contribution >= 0.6 is 0 Å². The zero-order chi connectivity index (χ0) is 18.9. The van der Waals surface area contributed by atoms with Crippen LogP contribution in [0.2, 0.25) is 0 Å². The summed E-state index contributed by atoms with van der Waals surface area (Å²) in [6.45, 7) is 0.991. The number of nitrogens with zero attached hydrogens (tertiary/aromatic N) is 5. The molecule has 0 radical (unpaired) electrons. The highest BCUT2D eigenvalue weighted by molar-refractivity contribution is 5.77. The van der Waals surface area contributed by atoms with Gasteiger partial charge in [-0.1, -0.05) is 0 Å². The van der Waals surface area contributed by atoms with Gasteiger partial charge in [-0.25, -0.2) is 9.78 Å². The van der Waals surface area contributed by atoms with E-state index in [2.05, 4.69) is 15.1 Å². The van der Waals surface area contributed by atoms with E-state index in [1.807, 2.05) is 4.90 Å². The van der Waals surface area contributed by atoms with E-state index < -0.39 is 11.5 Å². The van der Waals surface area contributed by atoms with E-state index in [1.54, 1.807) is 50.0 Å². The molecule has 4 rings (SSSR count). The Morgan fingerprint density at radius 2 is 2.11 bits per heavy atom. The molecule has 4 heterocycles. The quantitative estimate of drug-likeness (QED) is 0.728. The number of aromatic nitrogens is 4. The van der Waals surface area contributed by atoms with Crippen LogP contribution in [0.4, 0.5) is 5.95 Å². The first-order chi connectivity index (χ1) is 13.1. The maximum absolute atomic E-state index is 12.2. The van der Waals surface area contributed by atoms with Gasteiger partial charge < -0.3 is 19.2 Å². The molecule has 3 aromatic heterocycles. The molecule has 1 aliphatic rings. The summed E-state index contributed by atoms with van der Waals surface area (Å²) in [5, 5.41) is 14.4. The molecule has 9 nitrogen and oxygen atoms in total. The molecule has 0 saturated carbocycles. The number of hydrogen-bond acceptors (Lipinski definition) is 7. The molecule has 27 heavy (non-hydrogen) atoms. The second-order valence-electron chi connectivity index (χ2n) is 6.35. The Kier molecular flexibility index (Phi) is 4.27. The molecule has 1 fully saturated rings. The molecule has 1 saturated heterocycles. The second-order valence-corrected chi connectivity index (χ2v) is 6.35. The summed E-state index contributed by atoms with van der Waals surface area (Å²) in [6.07, 6.45) is 5.64. The smallest absolute Gasteiger partial charge is 0.331 e. The predicted molar refractivity (Wildman–Crippen MR) is 95.6 cm³/mol. The lowest BCUT2D eigenvalue weighted by molar-refractivity contribution is -0.149. The summed E-state index contributed by atoms with van der Waals surface area (Å²) in [4.78, 5) is 22.7. The van der Waals surface area contributed by atoms with Crippen molar-refractivity contribution in [2.45, 2.75) is 18.4 Å². The summed E-state index contributed by atoms with van der Waals surface area (Å²) in [6, 6.07) is 7.01. The van der Waals surface area contributed by atoms with E-state index in [-0.39, 0.29) is 0 Å². The number of carbonyl (C=O) groups is 1. The van der Waals surface area contributed by atoms with Crippen molar-refractivity contribution in [3.8, 4) is 17.3 Å². The van der Waals surface area contributed by atoms with Gasteiger partial charge >= 0.3 is 5.97 Å². The summed E-state index contributed by atoms with van der Waals surface area (Å²) in [5.41, 5.74) is -0.501. The largest absolute Gasteiger partial charge is 0.481 e. The number of methoxy groups -OCH3 is 1. The first-order valence-corrected chi connectivity index (χ1v) is 8.58. The first-order valence-electron chi connectivity index (χ1n) is 8.58. The second kappa shape index (κ2) is 6.75. The normalized spacial score (nSPS) is 16.3. The molecule has 140 valence electrons. The summed E-state index contributed by atoms with van der Waals surface area (Å²) in [5.74, 6) is 0.717. The van der Waals surface area contributed by atoms with E-state index in [9.17, 15) is 9.90 Å². The highest BCUT2D eigenvalue weighted by Gasteiger charge is 2.44. The number of anilines is 1. The first kappa shape index (κ1) is 17.1. The van der Waals surface area contributed by atoms with Crippen molar-refractivity contribution in [3.63, 3.8) is 0 Å². The van der Waals surface area contributed by atoms with Gasteiger partial charge in [-0.15, -0.1) is 0 Å². The number of aliphatic carboxylic acids is 1. The van der Waals surface area contributed by atoms with E-state index >= 15 is 0 Å². The standard InChI is InChI=1S/C18H19N5O4/c1-26-15-4-8-19-17(20-15)22-10-6-18(7-11-22,16(24)25)23-9-5-13(21-23)14-3-2-12-27-14/h2-5,8-9,12H,6-7,10-11H2,1H3,(H,24,25). The third-order valence-electron chi connectivity index (χ3n) is 4.90. The number of furan rings is 1. The van der Waals surface area contributed by atoms with Gasteiger partial charge in [0, 0.05) is 44.4 Å². The minimum absolute atomic E-state index is 0.377. The molecule has 9 heteroatoms. The SMILES string of the molecule is COc1ccnc(N2CCC(C(=O)O)(n3ccc(-c4ccco4)n3)CC2)n1. The van der Waals surface area contributed by atoms with Gasteiger partial charge in [0.05, 0.1) is 13.4 Å². The van der Waals surface area contributed by atoms with Crippen molar-refractivity contribution < 1.29 is 19.1 Å². The Morgan fingerprint density at radius 3 is 2.78 bits per heavy atom. The minimum atomic E-state index is -1.11. The molecule has 0 unspecified atom stereocenters. The molecular formula is C18H19N5O4. The molecular weight excluding hydrogens is 350 g/mol. The average molecular weight is 369 g/mol. The Morgan fingerprint density at radius 1 is 1.30 bits per heavy atom. The van der Waals surface area contributed by atoms with Crippen LogP contribution in [-0.2, 0) is 10.3 Å². The minimum Gasteiger partial charge on any atom is -0.481 e. The lowest BCUT2D eigenvalue weighted by Gasteiger charge is -2.38. The van der Waals surface area contributed by atoms with E-state index in [0.29, 0.717) is 49.2 Å². The van der Waals surface area contributed by atoms with Crippen molar-refractivity contribution >= 4 is 11.9 Å². The van der Waals surface area contributed by atoms with Crippen molar-refractivity contribution in [1.29, 1.82) is 0 Å². The van der Waals surface area contributed by atoms with Crippen molar-refractivity contribution in [1.82, 2.24) is 19.7 Å². The van der Waals surface area contributed by atoms with Crippen LogP contribution in [0, 0.1) is 0 Å². The number of ether oxygens (including phenoxy) is 1. The van der Waals surface area contributed by atoms with Crippen molar-refractivity contribution in [2.75, 3.05) is 25.1 Å². The van der Waals surface area contributed by atoms with Gasteiger partial charge in [0.1, 0.15) is 5.69 Å². The fourth-order valence-corrected chi connectivity index (χ4v) is 3.33. The van der Waals surface area contributed by atoms with Crippen LogP contribution in [-0.4, -0.2) is 51.0 Å². The van der Waals surface area contributed by atoms with E-state index in [1.165, 1.54) is 4.68 Å². The zero-order valence-corrected chi connectivity index (χ0v) is 14.8. The molecule has 0 aromatic carbocycles. The molecule has 0 spiro atoms. The van der Waals surface area contributed by atoms with Gasteiger partial charge in [-0.2, -0.15) is 10.1 Å². The predicted octanol–water partition coefficient (Wildman–Crippen LogP) is 2.02. The van der Waals surface area contributed by atoms with Crippen LogP contribution in [0.1, 0.15) is 12.8 Å². The lowest BCUT2D eigenvalue weighted by atomic mass is 9.88. The molecule has 0 amide bonds. The zero-order valence-electron chi connectivity index (χ0n) is 14.8. The van der Waals surface area contributed by atoms with Gasteiger partial charge in [0.2, 0.25) is 11.8 Å². The maximum atomic E-state index is 12.2. The van der Waals surface area contributed by atoms with Crippen LogP contribution in [0.25, 0.3) is 11.5 Å². The number of rotatable bonds is 5. The number of carboxylic acid groups (broad SMARTS) is 1.